The van der Waals surface area contributed by atoms with Gasteiger partial charge in [-0.15, -0.1) is 0 Å². The average molecular weight is 332 g/mol. The number of carbonyl (C=O) groups is 1. The lowest BCUT2D eigenvalue weighted by Crippen LogP contribution is -2.52. The van der Waals surface area contributed by atoms with Gasteiger partial charge in [-0.3, -0.25) is 0 Å². The number of anilines is 1. The van der Waals surface area contributed by atoms with E-state index in [1.807, 2.05) is 4.90 Å². The number of unbranched alkanes of at least 4 members (excludes halogenated alkanes) is 1. The largest absolute Gasteiger partial charge is 0.368 e. The van der Waals surface area contributed by atoms with Crippen molar-refractivity contribution in [2.75, 3.05) is 37.6 Å². The number of rotatable bonds is 7. The molecule has 1 aromatic rings. The molecule has 0 unspecified atom stereocenters. The molecule has 1 aliphatic heterocycles. The smallest absolute Gasteiger partial charge is 0.317 e. The highest BCUT2D eigenvalue weighted by Gasteiger charge is 2.22. The van der Waals surface area contributed by atoms with E-state index in [4.69, 9.17) is 0 Å². The molecule has 2 amide bonds. The standard InChI is InChI=1S/C20H33N3O/c1-4-6-10-18(5-2)16-21-20(24)23-14-12-22(13-15-23)19-11-8-7-9-17(19)3/h7-9,11,18H,4-6,10,12-16H2,1-3H3,(H,21,24)/t18-/m0/s1. The summed E-state index contributed by atoms with van der Waals surface area (Å²) in [6.45, 7) is 10.8. The number of para-hydroxylation sites is 1. The maximum Gasteiger partial charge on any atom is 0.317 e. The van der Waals surface area contributed by atoms with Crippen molar-refractivity contribution in [3.8, 4) is 0 Å². The Hall–Kier alpha value is -1.71. The molecule has 1 aromatic carbocycles. The Labute approximate surface area is 147 Å². The molecule has 1 saturated heterocycles. The minimum atomic E-state index is 0.106. The highest BCUT2D eigenvalue weighted by Crippen LogP contribution is 2.20. The van der Waals surface area contributed by atoms with Gasteiger partial charge in [0.25, 0.3) is 0 Å². The van der Waals surface area contributed by atoms with E-state index < -0.39 is 0 Å². The van der Waals surface area contributed by atoms with E-state index >= 15 is 0 Å². The number of nitrogens with zero attached hydrogens (tertiary/aromatic N) is 2. The van der Waals surface area contributed by atoms with Gasteiger partial charge in [-0.2, -0.15) is 0 Å². The van der Waals surface area contributed by atoms with Crippen LogP contribution < -0.4 is 10.2 Å². The second-order valence-electron chi connectivity index (χ2n) is 6.86. The van der Waals surface area contributed by atoms with Crippen LogP contribution in [0.25, 0.3) is 0 Å². The van der Waals surface area contributed by atoms with Crippen molar-refractivity contribution in [1.29, 1.82) is 0 Å². The van der Waals surface area contributed by atoms with E-state index in [2.05, 4.69) is 55.3 Å². The van der Waals surface area contributed by atoms with Gasteiger partial charge in [0.1, 0.15) is 0 Å². The summed E-state index contributed by atoms with van der Waals surface area (Å²) in [4.78, 5) is 16.7. The van der Waals surface area contributed by atoms with E-state index in [1.165, 1.54) is 30.5 Å². The van der Waals surface area contributed by atoms with Crippen LogP contribution in [-0.4, -0.2) is 43.7 Å². The highest BCUT2D eigenvalue weighted by molar-refractivity contribution is 5.74. The van der Waals surface area contributed by atoms with Crippen LogP contribution in [0.4, 0.5) is 10.5 Å². The molecule has 0 aliphatic carbocycles. The van der Waals surface area contributed by atoms with E-state index in [-0.39, 0.29) is 6.03 Å². The maximum atomic E-state index is 12.4. The monoisotopic (exact) mass is 331 g/mol. The molecule has 0 bridgehead atoms. The van der Waals surface area contributed by atoms with Crippen LogP contribution in [-0.2, 0) is 0 Å². The third-order valence-corrected chi connectivity index (χ3v) is 5.11. The average Bonchev–Trinajstić information content (AvgIpc) is 2.62. The predicted molar refractivity (Wildman–Crippen MR) is 102 cm³/mol. The van der Waals surface area contributed by atoms with Crippen molar-refractivity contribution in [2.24, 2.45) is 5.92 Å². The zero-order valence-corrected chi connectivity index (χ0v) is 15.6. The number of aryl methyl sites for hydroxylation is 1. The van der Waals surface area contributed by atoms with E-state index in [1.54, 1.807) is 0 Å². The van der Waals surface area contributed by atoms with E-state index in [9.17, 15) is 4.79 Å². The normalized spacial score (nSPS) is 16.1. The number of hydrogen-bond acceptors (Lipinski definition) is 2. The number of nitrogens with one attached hydrogen (secondary N) is 1. The summed E-state index contributed by atoms with van der Waals surface area (Å²) in [6, 6.07) is 8.59. The number of piperazine rings is 1. The summed E-state index contributed by atoms with van der Waals surface area (Å²) in [7, 11) is 0. The molecule has 0 saturated carbocycles. The molecule has 24 heavy (non-hydrogen) atoms. The molecule has 1 heterocycles. The molecule has 2 rings (SSSR count). The van der Waals surface area contributed by atoms with Crippen LogP contribution in [0.3, 0.4) is 0 Å². The quantitative estimate of drug-likeness (QED) is 0.818. The van der Waals surface area contributed by atoms with Gasteiger partial charge in [-0.05, 0) is 30.9 Å². The molecule has 1 N–H and O–H groups in total. The Morgan fingerprint density at radius 1 is 1.17 bits per heavy atom. The van der Waals surface area contributed by atoms with Gasteiger partial charge in [0.15, 0.2) is 0 Å². The van der Waals surface area contributed by atoms with Gasteiger partial charge in [0.2, 0.25) is 0 Å². The summed E-state index contributed by atoms with van der Waals surface area (Å²) >= 11 is 0. The Morgan fingerprint density at radius 3 is 2.50 bits per heavy atom. The number of carbonyl (C=O) groups excluding carboxylic acids is 1. The molecular weight excluding hydrogens is 298 g/mol. The van der Waals surface area contributed by atoms with Crippen molar-refractivity contribution in [3.05, 3.63) is 29.8 Å². The first kappa shape index (κ1) is 18.6. The van der Waals surface area contributed by atoms with Crippen molar-refractivity contribution >= 4 is 11.7 Å². The first-order valence-electron chi connectivity index (χ1n) is 9.49. The number of hydrogen-bond donors (Lipinski definition) is 1. The number of benzene rings is 1. The molecule has 1 fully saturated rings. The molecule has 0 radical (unpaired) electrons. The lowest BCUT2D eigenvalue weighted by atomic mass is 9.99. The van der Waals surface area contributed by atoms with Gasteiger partial charge in [0, 0.05) is 38.4 Å². The van der Waals surface area contributed by atoms with Crippen molar-refractivity contribution in [1.82, 2.24) is 10.2 Å². The molecule has 1 atom stereocenters. The van der Waals surface area contributed by atoms with Gasteiger partial charge in [-0.1, -0.05) is 51.3 Å². The molecule has 134 valence electrons. The summed E-state index contributed by atoms with van der Waals surface area (Å²) in [5, 5.41) is 3.15. The first-order valence-corrected chi connectivity index (χ1v) is 9.49. The zero-order chi connectivity index (χ0) is 17.4. The Morgan fingerprint density at radius 2 is 1.88 bits per heavy atom. The number of urea groups is 1. The van der Waals surface area contributed by atoms with Crippen LogP contribution >= 0.6 is 0 Å². The minimum Gasteiger partial charge on any atom is -0.368 e. The fraction of sp³-hybridized carbons (Fsp3) is 0.650. The third kappa shape index (κ3) is 5.15. The van der Waals surface area contributed by atoms with E-state index in [0.717, 1.165) is 39.1 Å². The molecule has 1 aliphatic rings. The minimum absolute atomic E-state index is 0.106. The van der Waals surface area contributed by atoms with Gasteiger partial charge < -0.3 is 15.1 Å². The lowest BCUT2D eigenvalue weighted by molar-refractivity contribution is 0.192. The lowest BCUT2D eigenvalue weighted by Gasteiger charge is -2.37. The predicted octanol–water partition coefficient (Wildman–Crippen LogP) is 4.04. The first-order chi connectivity index (χ1) is 11.7. The van der Waals surface area contributed by atoms with Gasteiger partial charge in [0.05, 0.1) is 0 Å². The molecule has 4 heteroatoms. The highest BCUT2D eigenvalue weighted by atomic mass is 16.2. The Kier molecular flexibility index (Phi) is 7.41. The molecular formula is C20H33N3O. The van der Waals surface area contributed by atoms with Crippen LogP contribution in [0.2, 0.25) is 0 Å². The van der Waals surface area contributed by atoms with Crippen molar-refractivity contribution in [3.63, 3.8) is 0 Å². The van der Waals surface area contributed by atoms with Crippen LogP contribution in [0.15, 0.2) is 24.3 Å². The third-order valence-electron chi connectivity index (χ3n) is 5.11. The van der Waals surface area contributed by atoms with Crippen molar-refractivity contribution < 1.29 is 4.79 Å². The second kappa shape index (κ2) is 9.55. The topological polar surface area (TPSA) is 35.6 Å². The Balaban J connectivity index is 1.77. The van der Waals surface area contributed by atoms with Crippen molar-refractivity contribution in [2.45, 2.75) is 46.5 Å². The second-order valence-corrected chi connectivity index (χ2v) is 6.86. The summed E-state index contributed by atoms with van der Waals surface area (Å²) in [5.74, 6) is 0.613. The summed E-state index contributed by atoms with van der Waals surface area (Å²) < 4.78 is 0. The fourth-order valence-electron chi connectivity index (χ4n) is 3.36. The zero-order valence-electron chi connectivity index (χ0n) is 15.6. The van der Waals surface area contributed by atoms with Crippen LogP contribution in [0, 0.1) is 12.8 Å². The van der Waals surface area contributed by atoms with Crippen LogP contribution in [0.5, 0.6) is 0 Å². The van der Waals surface area contributed by atoms with E-state index in [0.29, 0.717) is 5.92 Å². The molecule has 0 aromatic heterocycles. The fourth-order valence-corrected chi connectivity index (χ4v) is 3.36. The van der Waals surface area contributed by atoms with Gasteiger partial charge >= 0.3 is 6.03 Å². The maximum absolute atomic E-state index is 12.4. The number of amides is 2. The SMILES string of the molecule is CCCC[C@H](CC)CNC(=O)N1CCN(c2ccccc2C)CC1. The summed E-state index contributed by atoms with van der Waals surface area (Å²) in [6.07, 6.45) is 4.84. The molecule has 0 spiro atoms. The molecule has 4 nitrogen and oxygen atoms in total. The van der Waals surface area contributed by atoms with Gasteiger partial charge in [-0.25, -0.2) is 4.79 Å². The van der Waals surface area contributed by atoms with Crippen LogP contribution in [0.1, 0.15) is 45.1 Å². The Bertz CT molecular complexity index is 509. The summed E-state index contributed by atoms with van der Waals surface area (Å²) in [5.41, 5.74) is 2.60.